The molecule has 0 rings (SSSR count). The van der Waals surface area contributed by atoms with Gasteiger partial charge in [-0.3, -0.25) is 4.55 Å². The van der Waals surface area contributed by atoms with Gasteiger partial charge < -0.3 is 0 Å². The molecule has 0 saturated carbocycles. The Bertz CT molecular complexity index is 474. The first-order valence-electron chi connectivity index (χ1n) is 12.8. The summed E-state index contributed by atoms with van der Waals surface area (Å²) < 4.78 is 35.2. The molecule has 0 saturated heterocycles. The van der Waals surface area contributed by atoms with Crippen LogP contribution in [0.25, 0.3) is 0 Å². The number of hydrogen-bond acceptors (Lipinski definition) is 3. The second kappa shape index (κ2) is 21.8. The van der Waals surface area contributed by atoms with Gasteiger partial charge in [0.1, 0.15) is 0 Å². The summed E-state index contributed by atoms with van der Waals surface area (Å²) in [5, 5.41) is 0. The molecule has 30 heavy (non-hydrogen) atoms. The first kappa shape index (κ1) is 29.6. The zero-order valence-electron chi connectivity index (χ0n) is 20.0. The largest absolute Gasteiger partial charge is 0.397 e. The van der Waals surface area contributed by atoms with Crippen molar-refractivity contribution in [2.24, 2.45) is 5.92 Å². The van der Waals surface area contributed by atoms with Crippen LogP contribution < -0.4 is 0 Å². The Morgan fingerprint density at radius 3 is 1.60 bits per heavy atom. The SMILES string of the molecule is CCCCC/C=C/C(CCCCCCCCCCCCCCCC)COS(=O)(=O)O. The highest BCUT2D eigenvalue weighted by Crippen LogP contribution is 2.17. The minimum absolute atomic E-state index is 0.0432. The predicted octanol–water partition coefficient (Wildman–Crippen LogP) is 8.43. The van der Waals surface area contributed by atoms with Crippen molar-refractivity contribution < 1.29 is 17.2 Å². The number of rotatable bonds is 23. The molecule has 0 aromatic carbocycles. The van der Waals surface area contributed by atoms with E-state index in [4.69, 9.17) is 4.55 Å². The second-order valence-electron chi connectivity index (χ2n) is 8.78. The Balaban J connectivity index is 3.71. The molecule has 0 heterocycles. The van der Waals surface area contributed by atoms with Crippen LogP contribution >= 0.6 is 0 Å². The van der Waals surface area contributed by atoms with E-state index in [-0.39, 0.29) is 12.5 Å². The van der Waals surface area contributed by atoms with Gasteiger partial charge in [0.2, 0.25) is 0 Å². The lowest BCUT2D eigenvalue weighted by Crippen LogP contribution is -2.12. The molecule has 0 radical (unpaired) electrons. The van der Waals surface area contributed by atoms with Gasteiger partial charge in [-0.25, -0.2) is 4.18 Å². The van der Waals surface area contributed by atoms with Crippen LogP contribution in [-0.4, -0.2) is 19.6 Å². The van der Waals surface area contributed by atoms with Crippen molar-refractivity contribution in [2.45, 2.75) is 136 Å². The maximum atomic E-state index is 10.9. The molecule has 4 nitrogen and oxygen atoms in total. The third kappa shape index (κ3) is 23.9. The van der Waals surface area contributed by atoms with Gasteiger partial charge in [-0.1, -0.05) is 129 Å². The van der Waals surface area contributed by atoms with Gasteiger partial charge in [0.15, 0.2) is 0 Å². The second-order valence-corrected chi connectivity index (χ2v) is 9.87. The molecule has 0 aliphatic rings. The van der Waals surface area contributed by atoms with E-state index >= 15 is 0 Å². The molecule has 180 valence electrons. The highest BCUT2D eigenvalue weighted by atomic mass is 32.3. The van der Waals surface area contributed by atoms with Crippen molar-refractivity contribution in [3.8, 4) is 0 Å². The molecule has 1 N–H and O–H groups in total. The van der Waals surface area contributed by atoms with Gasteiger partial charge in [0.25, 0.3) is 0 Å². The van der Waals surface area contributed by atoms with Crippen molar-refractivity contribution in [3.63, 3.8) is 0 Å². The molecule has 0 fully saturated rings. The zero-order valence-corrected chi connectivity index (χ0v) is 20.8. The van der Waals surface area contributed by atoms with Crippen LogP contribution in [0.1, 0.15) is 136 Å². The van der Waals surface area contributed by atoms with E-state index in [9.17, 15) is 8.42 Å². The minimum atomic E-state index is -4.35. The fraction of sp³-hybridized carbons (Fsp3) is 0.920. The molecule has 0 aliphatic heterocycles. The van der Waals surface area contributed by atoms with Crippen molar-refractivity contribution in [1.82, 2.24) is 0 Å². The Morgan fingerprint density at radius 2 is 1.13 bits per heavy atom. The van der Waals surface area contributed by atoms with Crippen LogP contribution in [0.3, 0.4) is 0 Å². The van der Waals surface area contributed by atoms with Crippen molar-refractivity contribution >= 4 is 10.4 Å². The van der Waals surface area contributed by atoms with Crippen molar-refractivity contribution in [2.75, 3.05) is 6.61 Å². The monoisotopic (exact) mass is 446 g/mol. The summed E-state index contributed by atoms with van der Waals surface area (Å²) in [5.41, 5.74) is 0. The summed E-state index contributed by atoms with van der Waals surface area (Å²) in [4.78, 5) is 0. The van der Waals surface area contributed by atoms with Crippen LogP contribution in [0.15, 0.2) is 12.2 Å². The summed E-state index contributed by atoms with van der Waals surface area (Å²) >= 11 is 0. The lowest BCUT2D eigenvalue weighted by Gasteiger charge is -2.12. The first-order chi connectivity index (χ1) is 14.5. The third-order valence-corrected chi connectivity index (χ3v) is 6.18. The molecule has 0 bridgehead atoms. The van der Waals surface area contributed by atoms with Crippen LogP contribution in [-0.2, 0) is 14.6 Å². The Kier molecular flexibility index (Phi) is 21.5. The van der Waals surface area contributed by atoms with Crippen LogP contribution in [0.5, 0.6) is 0 Å². The minimum Gasteiger partial charge on any atom is -0.264 e. The Hall–Kier alpha value is -0.390. The number of hydrogen-bond donors (Lipinski definition) is 1. The Morgan fingerprint density at radius 1 is 0.700 bits per heavy atom. The summed E-state index contributed by atoms with van der Waals surface area (Å²) in [6.45, 7) is 4.49. The normalized spacial score (nSPS) is 13.3. The smallest absolute Gasteiger partial charge is 0.264 e. The van der Waals surface area contributed by atoms with E-state index in [1.165, 1.54) is 96.3 Å². The standard InChI is InChI=1S/C25H50O4S/c1-3-5-7-9-10-11-12-13-14-15-16-17-19-21-23-25(24-29-30(26,27)28)22-20-18-8-6-4-2/h20,22,25H,3-19,21,23-24H2,1-2H3,(H,26,27,28)/b22-20+. The highest BCUT2D eigenvalue weighted by molar-refractivity contribution is 7.80. The van der Waals surface area contributed by atoms with Gasteiger partial charge in [-0.2, -0.15) is 8.42 Å². The number of allylic oxidation sites excluding steroid dienone is 1. The maximum absolute atomic E-state index is 10.9. The molecule has 1 unspecified atom stereocenters. The molecular formula is C25H50O4S. The van der Waals surface area contributed by atoms with E-state index in [1.54, 1.807) is 0 Å². The fourth-order valence-electron chi connectivity index (χ4n) is 3.81. The lowest BCUT2D eigenvalue weighted by atomic mass is 9.99. The molecule has 0 aromatic rings. The summed E-state index contributed by atoms with van der Waals surface area (Å²) in [6.07, 6.45) is 28.4. The molecule has 0 spiro atoms. The van der Waals surface area contributed by atoms with E-state index < -0.39 is 10.4 Å². The summed E-state index contributed by atoms with van der Waals surface area (Å²) in [5.74, 6) is 0.0610. The zero-order chi connectivity index (χ0) is 22.3. The third-order valence-electron chi connectivity index (χ3n) is 5.74. The maximum Gasteiger partial charge on any atom is 0.397 e. The molecule has 5 heteroatoms. The quantitative estimate of drug-likeness (QED) is 0.0971. The van der Waals surface area contributed by atoms with E-state index in [2.05, 4.69) is 30.2 Å². The fourth-order valence-corrected chi connectivity index (χ4v) is 4.16. The molecule has 1 atom stereocenters. The van der Waals surface area contributed by atoms with Gasteiger partial charge in [0.05, 0.1) is 6.61 Å². The summed E-state index contributed by atoms with van der Waals surface area (Å²) in [7, 11) is -4.35. The Labute approximate surface area is 188 Å². The average molecular weight is 447 g/mol. The van der Waals surface area contributed by atoms with Crippen LogP contribution in [0, 0.1) is 5.92 Å². The average Bonchev–Trinajstić information content (AvgIpc) is 2.70. The molecule has 0 amide bonds. The van der Waals surface area contributed by atoms with Crippen LogP contribution in [0.4, 0.5) is 0 Å². The molecular weight excluding hydrogens is 396 g/mol. The van der Waals surface area contributed by atoms with E-state index in [0.717, 1.165) is 25.7 Å². The topological polar surface area (TPSA) is 63.6 Å². The number of unbranched alkanes of at least 4 members (excludes halogenated alkanes) is 16. The predicted molar refractivity (Wildman–Crippen MR) is 129 cm³/mol. The molecule has 0 aliphatic carbocycles. The van der Waals surface area contributed by atoms with E-state index in [0.29, 0.717) is 0 Å². The highest BCUT2D eigenvalue weighted by Gasteiger charge is 2.11. The van der Waals surface area contributed by atoms with E-state index in [1.807, 2.05) is 0 Å². The van der Waals surface area contributed by atoms with Gasteiger partial charge >= 0.3 is 10.4 Å². The molecule has 0 aromatic heterocycles. The van der Waals surface area contributed by atoms with Gasteiger partial charge in [0, 0.05) is 5.92 Å². The van der Waals surface area contributed by atoms with Crippen molar-refractivity contribution in [1.29, 1.82) is 0 Å². The first-order valence-corrected chi connectivity index (χ1v) is 14.1. The lowest BCUT2D eigenvalue weighted by molar-refractivity contribution is 0.234. The van der Waals surface area contributed by atoms with Gasteiger partial charge in [-0.15, -0.1) is 0 Å². The summed E-state index contributed by atoms with van der Waals surface area (Å²) in [6, 6.07) is 0. The van der Waals surface area contributed by atoms with Crippen molar-refractivity contribution in [3.05, 3.63) is 12.2 Å². The van der Waals surface area contributed by atoms with Crippen LogP contribution in [0.2, 0.25) is 0 Å². The van der Waals surface area contributed by atoms with Gasteiger partial charge in [-0.05, 0) is 19.3 Å².